The van der Waals surface area contributed by atoms with Crippen LogP contribution in [0.1, 0.15) is 51.8 Å². The van der Waals surface area contributed by atoms with Gasteiger partial charge in [-0.15, -0.1) is 0 Å². The largest absolute Gasteiger partial charge is 0.330 e. The minimum absolute atomic E-state index is 0.0604. The molecule has 0 aliphatic carbocycles. The highest BCUT2D eigenvalue weighted by molar-refractivity contribution is 6.30. The molecule has 32 heavy (non-hydrogen) atoms. The SMILES string of the molecule is [2H]C1CC([2H])(N2Cc3cc(C([2H])([2H])CC(=O)C(F)(F)c4ccc(Cl)cc4)ccc3C2=O)C(=O)NC1=O. The van der Waals surface area contributed by atoms with Crippen molar-refractivity contribution < 1.29 is 33.4 Å². The Kier molecular flexibility index (Phi) is 4.59. The number of benzene rings is 2. The first-order valence-electron chi connectivity index (χ1n) is 11.6. The van der Waals surface area contributed by atoms with Gasteiger partial charge in [0.05, 0.1) is 1.37 Å². The molecule has 2 unspecified atom stereocenters. The van der Waals surface area contributed by atoms with Crippen molar-refractivity contribution in [3.05, 3.63) is 69.7 Å². The summed E-state index contributed by atoms with van der Waals surface area (Å²) in [5.74, 6) is -8.26. The van der Waals surface area contributed by atoms with E-state index in [4.69, 9.17) is 17.1 Å². The van der Waals surface area contributed by atoms with Crippen LogP contribution in [0.15, 0.2) is 42.5 Å². The first-order chi connectivity index (χ1) is 16.7. The topological polar surface area (TPSA) is 83.6 Å². The Labute approximate surface area is 193 Å². The van der Waals surface area contributed by atoms with Crippen molar-refractivity contribution in [2.45, 2.75) is 44.1 Å². The lowest BCUT2D eigenvalue weighted by Gasteiger charge is -2.29. The maximum absolute atomic E-state index is 14.7. The monoisotopic (exact) mass is 464 g/mol. The average Bonchev–Trinajstić information content (AvgIpc) is 3.14. The molecule has 1 fully saturated rings. The Morgan fingerprint density at radius 3 is 2.69 bits per heavy atom. The molecule has 1 N–H and O–H groups in total. The molecule has 166 valence electrons. The molecule has 2 atom stereocenters. The Hall–Kier alpha value is -3.13. The number of aryl methyl sites for hydroxylation is 1. The van der Waals surface area contributed by atoms with Crippen molar-refractivity contribution in [1.29, 1.82) is 0 Å². The lowest BCUT2D eigenvalue weighted by molar-refractivity contribution is -0.144. The number of alkyl halides is 2. The first kappa shape index (κ1) is 17.4. The van der Waals surface area contributed by atoms with Crippen LogP contribution in [0, 0.1) is 0 Å². The molecule has 9 heteroatoms. The summed E-state index contributed by atoms with van der Waals surface area (Å²) < 4.78 is 62.2. The van der Waals surface area contributed by atoms with Gasteiger partial charge in [-0.25, -0.2) is 0 Å². The number of imide groups is 1. The zero-order valence-corrected chi connectivity index (χ0v) is 17.2. The summed E-state index contributed by atoms with van der Waals surface area (Å²) >= 11 is 5.70. The number of hydrogen-bond acceptors (Lipinski definition) is 4. The van der Waals surface area contributed by atoms with E-state index in [1.807, 2.05) is 5.32 Å². The molecule has 3 amide bonds. The maximum atomic E-state index is 14.7. The highest BCUT2D eigenvalue weighted by Crippen LogP contribution is 2.32. The van der Waals surface area contributed by atoms with E-state index < -0.39 is 66.6 Å². The minimum atomic E-state index is -3.96. The smallest absolute Gasteiger partial charge is 0.322 e. The van der Waals surface area contributed by atoms with Gasteiger partial charge in [0.25, 0.3) is 5.91 Å². The highest BCUT2D eigenvalue weighted by Gasteiger charge is 2.41. The minimum Gasteiger partial charge on any atom is -0.322 e. The number of fused-ring (bicyclic) bond motifs is 1. The third-order valence-corrected chi connectivity index (χ3v) is 5.48. The molecule has 2 aromatic rings. The van der Waals surface area contributed by atoms with E-state index in [1.165, 1.54) is 30.3 Å². The molecule has 0 bridgehead atoms. The normalized spacial score (nSPS) is 25.4. The van der Waals surface area contributed by atoms with E-state index in [-0.39, 0.29) is 28.3 Å². The lowest BCUT2D eigenvalue weighted by atomic mass is 9.97. The van der Waals surface area contributed by atoms with Gasteiger partial charge < -0.3 is 4.90 Å². The van der Waals surface area contributed by atoms with E-state index in [9.17, 15) is 28.0 Å². The molecule has 1 saturated heterocycles. The standard InChI is InChI=1S/C23H19ClF2N2O4/c24-16-5-3-15(4-6-16)23(25,26)19(29)9-2-13-1-7-17-14(11-13)12-28(22(17)32)18-8-10-20(30)27-21(18)31/h1,3-7,11,18H,2,8-10,12H2,(H,27,30,31)/i2D2,10D,18D. The molecule has 2 aromatic carbocycles. The van der Waals surface area contributed by atoms with Crippen LogP contribution < -0.4 is 5.32 Å². The molecule has 0 spiro atoms. The fraction of sp³-hybridized carbons (Fsp3) is 0.304. The van der Waals surface area contributed by atoms with Crippen LogP contribution in [-0.4, -0.2) is 34.4 Å². The summed E-state index contributed by atoms with van der Waals surface area (Å²) in [5.41, 5.74) is -0.487. The molecule has 2 aliphatic rings. The van der Waals surface area contributed by atoms with Crippen LogP contribution in [0.4, 0.5) is 8.78 Å². The van der Waals surface area contributed by atoms with Gasteiger partial charge in [-0.1, -0.05) is 35.9 Å². The van der Waals surface area contributed by atoms with Gasteiger partial charge in [-0.05, 0) is 42.1 Å². The second-order valence-corrected chi connectivity index (χ2v) is 7.73. The third-order valence-electron chi connectivity index (χ3n) is 5.22. The maximum Gasteiger partial charge on any atom is 0.330 e. The van der Waals surface area contributed by atoms with Gasteiger partial charge in [0.15, 0.2) is 0 Å². The number of rotatable bonds is 6. The van der Waals surface area contributed by atoms with Crippen molar-refractivity contribution in [1.82, 2.24) is 10.2 Å². The number of ketones is 1. The second-order valence-electron chi connectivity index (χ2n) is 7.29. The molecule has 6 nitrogen and oxygen atoms in total. The fourth-order valence-electron chi connectivity index (χ4n) is 3.51. The zero-order valence-electron chi connectivity index (χ0n) is 20.5. The predicted octanol–water partition coefficient (Wildman–Crippen LogP) is 3.39. The number of hydrogen-bond donors (Lipinski definition) is 1. The number of carbonyl (C=O) groups excluding carboxylic acids is 4. The summed E-state index contributed by atoms with van der Waals surface area (Å²) in [5, 5.41) is 2.11. The molecular formula is C23H19ClF2N2O4. The third kappa shape index (κ3) is 4.14. The van der Waals surface area contributed by atoms with Crippen LogP contribution in [0.5, 0.6) is 0 Å². The molecule has 2 aliphatic heterocycles. The summed E-state index contributed by atoms with van der Waals surface area (Å²) in [7, 11) is 0. The van der Waals surface area contributed by atoms with E-state index in [1.54, 1.807) is 0 Å². The summed E-state index contributed by atoms with van der Waals surface area (Å²) in [6.45, 7) is -0.301. The number of nitrogens with zero attached hydrogens (tertiary/aromatic N) is 1. The summed E-state index contributed by atoms with van der Waals surface area (Å²) in [6.07, 6.45) is -5.67. The zero-order chi connectivity index (χ0) is 26.6. The number of carbonyl (C=O) groups is 4. The molecule has 0 radical (unpaired) electrons. The van der Waals surface area contributed by atoms with E-state index in [0.717, 1.165) is 17.0 Å². The van der Waals surface area contributed by atoms with Crippen LogP contribution >= 0.6 is 11.6 Å². The van der Waals surface area contributed by atoms with Gasteiger partial charge in [-0.2, -0.15) is 8.78 Å². The van der Waals surface area contributed by atoms with Crippen molar-refractivity contribution >= 4 is 35.1 Å². The summed E-state index contributed by atoms with van der Waals surface area (Å²) in [6, 6.07) is 5.78. The first-order valence-corrected chi connectivity index (χ1v) is 9.95. The van der Waals surface area contributed by atoms with Gasteiger partial charge in [-0.3, -0.25) is 24.5 Å². The van der Waals surface area contributed by atoms with E-state index >= 15 is 0 Å². The second kappa shape index (κ2) is 8.43. The molecular weight excluding hydrogens is 442 g/mol. The average molecular weight is 465 g/mol. The molecule has 0 aromatic heterocycles. The number of Topliss-reactive ketones (excluding diaryl/α,β-unsaturated/α-hetero) is 1. The number of piperidine rings is 1. The Morgan fingerprint density at radius 1 is 1.25 bits per heavy atom. The number of nitrogens with one attached hydrogen (secondary N) is 1. The van der Waals surface area contributed by atoms with Crippen molar-refractivity contribution in [3.8, 4) is 0 Å². The summed E-state index contributed by atoms with van der Waals surface area (Å²) in [4.78, 5) is 50.2. The van der Waals surface area contributed by atoms with Gasteiger partial charge in [0.1, 0.15) is 6.02 Å². The van der Waals surface area contributed by atoms with Crippen molar-refractivity contribution in [2.75, 3.05) is 0 Å². The van der Waals surface area contributed by atoms with Crippen LogP contribution in [-0.2, 0) is 33.2 Å². The molecule has 0 saturated carbocycles. The Morgan fingerprint density at radius 2 is 1.97 bits per heavy atom. The number of amides is 3. The van der Waals surface area contributed by atoms with E-state index in [0.29, 0.717) is 0 Å². The Balaban J connectivity index is 1.57. The Bertz CT molecular complexity index is 1290. The van der Waals surface area contributed by atoms with Gasteiger partial charge in [0, 0.05) is 39.6 Å². The van der Waals surface area contributed by atoms with Crippen LogP contribution in [0.25, 0.3) is 0 Å². The van der Waals surface area contributed by atoms with Gasteiger partial charge in [0.2, 0.25) is 17.6 Å². The number of halogens is 3. The predicted molar refractivity (Wildman–Crippen MR) is 111 cm³/mol. The van der Waals surface area contributed by atoms with E-state index in [2.05, 4.69) is 0 Å². The van der Waals surface area contributed by atoms with Crippen molar-refractivity contribution in [2.24, 2.45) is 0 Å². The molecule has 4 rings (SSSR count). The van der Waals surface area contributed by atoms with Crippen LogP contribution in [0.2, 0.25) is 5.02 Å². The lowest BCUT2D eigenvalue weighted by Crippen LogP contribution is -2.52. The quantitative estimate of drug-likeness (QED) is 0.664. The van der Waals surface area contributed by atoms with Crippen molar-refractivity contribution in [3.63, 3.8) is 0 Å². The van der Waals surface area contributed by atoms with Gasteiger partial charge >= 0.3 is 5.92 Å². The van der Waals surface area contributed by atoms with Crippen LogP contribution in [0.3, 0.4) is 0 Å². The fourth-order valence-corrected chi connectivity index (χ4v) is 3.64. The highest BCUT2D eigenvalue weighted by atomic mass is 35.5. The molecule has 2 heterocycles.